The highest BCUT2D eigenvalue weighted by Gasteiger charge is 2.23. The molecule has 4 heteroatoms. The molecule has 1 saturated carbocycles. The lowest BCUT2D eigenvalue weighted by molar-refractivity contribution is -0.147. The van der Waals surface area contributed by atoms with Crippen molar-refractivity contribution in [3.63, 3.8) is 0 Å². The van der Waals surface area contributed by atoms with Crippen molar-refractivity contribution in [2.24, 2.45) is 0 Å². The molecule has 90 valence electrons. The highest BCUT2D eigenvalue weighted by Crippen LogP contribution is 2.18. The van der Waals surface area contributed by atoms with Crippen LogP contribution in [0.4, 0.5) is 0 Å². The number of amides is 1. The Morgan fingerprint density at radius 2 is 1.94 bits per heavy atom. The summed E-state index contributed by atoms with van der Waals surface area (Å²) in [6.45, 7) is -0.178. The van der Waals surface area contributed by atoms with Crippen LogP contribution in [0.2, 0.25) is 0 Å². The first kappa shape index (κ1) is 11.6. The van der Waals surface area contributed by atoms with Gasteiger partial charge in [0.2, 0.25) is 0 Å². The van der Waals surface area contributed by atoms with Crippen LogP contribution in [0.3, 0.4) is 0 Å². The number of hydrogen-bond acceptors (Lipinski definition) is 3. The predicted octanol–water partition coefficient (Wildman–Crippen LogP) is 1.05. The summed E-state index contributed by atoms with van der Waals surface area (Å²) in [6.07, 6.45) is 2.27. The second-order valence-electron chi connectivity index (χ2n) is 4.16. The number of esters is 1. The molecule has 1 amide bonds. The van der Waals surface area contributed by atoms with Gasteiger partial charge in [-0.05, 0) is 18.4 Å². The van der Waals surface area contributed by atoms with Gasteiger partial charge in [0.1, 0.15) is 0 Å². The first-order chi connectivity index (χ1) is 8.24. The first-order valence-electron chi connectivity index (χ1n) is 5.73. The third-order valence-electron chi connectivity index (χ3n) is 2.50. The minimum absolute atomic E-state index is 0.178. The zero-order chi connectivity index (χ0) is 12.1. The Hall–Kier alpha value is -1.84. The molecule has 1 aliphatic rings. The number of carbonyl (C=O) groups excluding carboxylic acids is 2. The molecule has 17 heavy (non-hydrogen) atoms. The highest BCUT2D eigenvalue weighted by atomic mass is 16.5. The molecule has 0 spiro atoms. The predicted molar refractivity (Wildman–Crippen MR) is 62.3 cm³/mol. The smallest absolute Gasteiger partial charge is 0.310 e. The summed E-state index contributed by atoms with van der Waals surface area (Å²) in [5.41, 5.74) is 0.889. The standard InChI is InChI=1S/C13H15NO3/c15-12(14-11-6-7-11)9-17-13(16)8-10-4-2-1-3-5-10/h1-5,11H,6-9H2,(H,14,15). The molecular weight excluding hydrogens is 218 g/mol. The van der Waals surface area contributed by atoms with Crippen LogP contribution in [-0.2, 0) is 20.7 Å². The van der Waals surface area contributed by atoms with E-state index < -0.39 is 0 Å². The number of ether oxygens (including phenoxy) is 1. The molecule has 0 atom stereocenters. The number of benzene rings is 1. The maximum absolute atomic E-state index is 11.4. The van der Waals surface area contributed by atoms with Gasteiger partial charge in [-0.2, -0.15) is 0 Å². The SMILES string of the molecule is O=C(COC(=O)Cc1ccccc1)NC1CC1. The van der Waals surface area contributed by atoms with E-state index in [1.807, 2.05) is 30.3 Å². The van der Waals surface area contributed by atoms with Crippen molar-refractivity contribution < 1.29 is 14.3 Å². The van der Waals surface area contributed by atoms with Crippen molar-refractivity contribution in [1.29, 1.82) is 0 Å². The molecule has 1 N–H and O–H groups in total. The molecule has 0 saturated heterocycles. The normalized spacial score (nSPS) is 14.1. The Morgan fingerprint density at radius 3 is 2.59 bits per heavy atom. The molecule has 0 radical (unpaired) electrons. The Labute approximate surface area is 100.0 Å². The van der Waals surface area contributed by atoms with Crippen LogP contribution >= 0.6 is 0 Å². The zero-order valence-electron chi connectivity index (χ0n) is 9.52. The van der Waals surface area contributed by atoms with Crippen LogP contribution in [-0.4, -0.2) is 24.5 Å². The summed E-state index contributed by atoms with van der Waals surface area (Å²) in [5, 5.41) is 2.76. The topological polar surface area (TPSA) is 55.4 Å². The summed E-state index contributed by atoms with van der Waals surface area (Å²) in [6, 6.07) is 9.62. The summed E-state index contributed by atoms with van der Waals surface area (Å²) < 4.78 is 4.89. The van der Waals surface area contributed by atoms with Crippen molar-refractivity contribution >= 4 is 11.9 Å². The fraction of sp³-hybridized carbons (Fsp3) is 0.385. The second-order valence-corrected chi connectivity index (χ2v) is 4.16. The molecule has 1 aromatic rings. The number of rotatable bonds is 5. The molecular formula is C13H15NO3. The minimum atomic E-state index is -0.373. The quantitative estimate of drug-likeness (QED) is 0.773. The van der Waals surface area contributed by atoms with E-state index in [9.17, 15) is 9.59 Å². The van der Waals surface area contributed by atoms with E-state index in [0.29, 0.717) is 6.04 Å². The van der Waals surface area contributed by atoms with Gasteiger partial charge in [-0.3, -0.25) is 9.59 Å². The van der Waals surface area contributed by atoms with Gasteiger partial charge in [-0.25, -0.2) is 0 Å². The molecule has 0 heterocycles. The zero-order valence-corrected chi connectivity index (χ0v) is 9.52. The third kappa shape index (κ3) is 4.26. The molecule has 0 unspecified atom stereocenters. The number of hydrogen-bond donors (Lipinski definition) is 1. The lowest BCUT2D eigenvalue weighted by Crippen LogP contribution is -2.30. The van der Waals surface area contributed by atoms with Gasteiger partial charge in [-0.1, -0.05) is 30.3 Å². The monoisotopic (exact) mass is 233 g/mol. The summed E-state index contributed by atoms with van der Waals surface area (Å²) in [5.74, 6) is -0.587. The van der Waals surface area contributed by atoms with Gasteiger partial charge in [-0.15, -0.1) is 0 Å². The van der Waals surface area contributed by atoms with Gasteiger partial charge in [0.05, 0.1) is 6.42 Å². The van der Waals surface area contributed by atoms with E-state index >= 15 is 0 Å². The molecule has 0 bridgehead atoms. The van der Waals surface area contributed by atoms with Gasteiger partial charge >= 0.3 is 5.97 Å². The third-order valence-corrected chi connectivity index (χ3v) is 2.50. The van der Waals surface area contributed by atoms with Crippen molar-refractivity contribution in [3.8, 4) is 0 Å². The maximum Gasteiger partial charge on any atom is 0.310 e. The van der Waals surface area contributed by atoms with Crippen molar-refractivity contribution in [2.45, 2.75) is 25.3 Å². The Bertz CT molecular complexity index is 398. The van der Waals surface area contributed by atoms with Gasteiger partial charge in [0, 0.05) is 6.04 Å². The molecule has 1 aliphatic carbocycles. The van der Waals surface area contributed by atoms with Crippen LogP contribution in [0.1, 0.15) is 18.4 Å². The summed E-state index contributed by atoms with van der Waals surface area (Å²) in [7, 11) is 0. The van der Waals surface area contributed by atoms with Crippen molar-refractivity contribution in [1.82, 2.24) is 5.32 Å². The van der Waals surface area contributed by atoms with E-state index in [4.69, 9.17) is 4.74 Å². The fourth-order valence-electron chi connectivity index (χ4n) is 1.46. The van der Waals surface area contributed by atoms with Gasteiger partial charge < -0.3 is 10.1 Å². The van der Waals surface area contributed by atoms with E-state index in [2.05, 4.69) is 5.32 Å². The highest BCUT2D eigenvalue weighted by molar-refractivity contribution is 5.81. The van der Waals surface area contributed by atoms with E-state index in [1.165, 1.54) is 0 Å². The number of nitrogens with one attached hydrogen (secondary N) is 1. The van der Waals surface area contributed by atoms with E-state index in [-0.39, 0.29) is 24.9 Å². The van der Waals surface area contributed by atoms with E-state index in [1.54, 1.807) is 0 Å². The largest absolute Gasteiger partial charge is 0.455 e. The summed E-state index contributed by atoms with van der Waals surface area (Å²) in [4.78, 5) is 22.7. The van der Waals surface area contributed by atoms with Crippen LogP contribution < -0.4 is 5.32 Å². The number of carbonyl (C=O) groups is 2. The van der Waals surface area contributed by atoms with Gasteiger partial charge in [0.25, 0.3) is 5.91 Å². The lowest BCUT2D eigenvalue weighted by atomic mass is 10.2. The molecule has 1 fully saturated rings. The molecule has 0 aliphatic heterocycles. The van der Waals surface area contributed by atoms with Crippen LogP contribution in [0.25, 0.3) is 0 Å². The van der Waals surface area contributed by atoms with Crippen molar-refractivity contribution in [3.05, 3.63) is 35.9 Å². The Balaban J connectivity index is 1.68. The Kier molecular flexibility index (Phi) is 3.75. The fourth-order valence-corrected chi connectivity index (χ4v) is 1.46. The average Bonchev–Trinajstić information content (AvgIpc) is 3.12. The van der Waals surface area contributed by atoms with Crippen molar-refractivity contribution in [2.75, 3.05) is 6.61 Å². The molecule has 0 aromatic heterocycles. The molecule has 1 aromatic carbocycles. The van der Waals surface area contributed by atoms with Crippen LogP contribution in [0, 0.1) is 0 Å². The average molecular weight is 233 g/mol. The Morgan fingerprint density at radius 1 is 1.24 bits per heavy atom. The van der Waals surface area contributed by atoms with Crippen LogP contribution in [0.15, 0.2) is 30.3 Å². The minimum Gasteiger partial charge on any atom is -0.455 e. The molecule has 4 nitrogen and oxygen atoms in total. The first-order valence-corrected chi connectivity index (χ1v) is 5.73. The summed E-state index contributed by atoms with van der Waals surface area (Å²) >= 11 is 0. The lowest BCUT2D eigenvalue weighted by Gasteiger charge is -2.05. The second kappa shape index (κ2) is 5.48. The molecule has 2 rings (SSSR count). The van der Waals surface area contributed by atoms with E-state index in [0.717, 1.165) is 18.4 Å². The van der Waals surface area contributed by atoms with Crippen LogP contribution in [0.5, 0.6) is 0 Å². The maximum atomic E-state index is 11.4. The van der Waals surface area contributed by atoms with Gasteiger partial charge in [0.15, 0.2) is 6.61 Å².